The summed E-state index contributed by atoms with van der Waals surface area (Å²) in [6.07, 6.45) is -15.9. The summed E-state index contributed by atoms with van der Waals surface area (Å²) in [5.41, 5.74) is 0. The van der Waals surface area contributed by atoms with E-state index in [1.807, 2.05) is 0 Å². The lowest BCUT2D eigenvalue weighted by Crippen LogP contribution is -2.66. The minimum atomic E-state index is -1.84. The van der Waals surface area contributed by atoms with E-state index in [1.165, 1.54) is 0 Å². The van der Waals surface area contributed by atoms with E-state index >= 15 is 0 Å². The molecule has 0 saturated carbocycles. The molecule has 4 N–H and O–H groups in total. The van der Waals surface area contributed by atoms with E-state index in [0.29, 0.717) is 0 Å². The van der Waals surface area contributed by atoms with Gasteiger partial charge in [0.15, 0.2) is 30.9 Å². The van der Waals surface area contributed by atoms with Gasteiger partial charge in [-0.05, 0) is 0 Å². The molecule has 0 amide bonds. The molecule has 2 rings (SSSR count). The Bertz CT molecular complexity index is 770. The maximum absolute atomic E-state index is 11.8. The second-order valence-corrected chi connectivity index (χ2v) is 7.90. The SMILES string of the molecule is CC(=O)OC[C@H]1O[C@@H](O[C@@H]2[C@H](O)[C@@H](O)[C@H](O)O[C@@H]2CO)[C@H](OC(C)=O)[C@@H](OC(C)=O)[C@H]1OC(C)=O. The summed E-state index contributed by atoms with van der Waals surface area (Å²) < 4.78 is 37.2. The number of rotatable bonds is 8. The zero-order valence-corrected chi connectivity index (χ0v) is 19.5. The van der Waals surface area contributed by atoms with Gasteiger partial charge in [0.05, 0.1) is 6.61 Å². The van der Waals surface area contributed by atoms with Crippen LogP contribution < -0.4 is 0 Å². The molecule has 15 heteroatoms. The third kappa shape index (κ3) is 7.54. The number of esters is 4. The number of hydrogen-bond acceptors (Lipinski definition) is 15. The minimum Gasteiger partial charge on any atom is -0.463 e. The summed E-state index contributed by atoms with van der Waals surface area (Å²) in [7, 11) is 0. The molecule has 15 nitrogen and oxygen atoms in total. The molecular formula is C20H30O15. The average molecular weight is 510 g/mol. The highest BCUT2D eigenvalue weighted by atomic mass is 16.8. The maximum Gasteiger partial charge on any atom is 0.303 e. The zero-order chi connectivity index (χ0) is 26.4. The fraction of sp³-hybridized carbons (Fsp3) is 0.800. The van der Waals surface area contributed by atoms with E-state index in [0.717, 1.165) is 27.7 Å². The van der Waals surface area contributed by atoms with Crippen LogP contribution in [0.5, 0.6) is 0 Å². The van der Waals surface area contributed by atoms with Crippen LogP contribution in [0.2, 0.25) is 0 Å². The van der Waals surface area contributed by atoms with Crippen LogP contribution in [-0.2, 0) is 52.3 Å². The smallest absolute Gasteiger partial charge is 0.303 e. The Labute approximate surface area is 199 Å². The molecule has 0 bridgehead atoms. The van der Waals surface area contributed by atoms with E-state index in [2.05, 4.69) is 0 Å². The summed E-state index contributed by atoms with van der Waals surface area (Å²) in [6, 6.07) is 0. The number of ether oxygens (including phenoxy) is 7. The molecule has 200 valence electrons. The van der Waals surface area contributed by atoms with Crippen molar-refractivity contribution in [3.05, 3.63) is 0 Å². The Morgan fingerprint density at radius 2 is 1.23 bits per heavy atom. The Kier molecular flexibility index (Phi) is 10.3. The normalized spacial score (nSPS) is 37.1. The van der Waals surface area contributed by atoms with Crippen molar-refractivity contribution in [2.45, 2.75) is 89.1 Å². The highest BCUT2D eigenvalue weighted by Gasteiger charge is 2.55. The van der Waals surface area contributed by atoms with Crippen molar-refractivity contribution < 1.29 is 72.8 Å². The minimum absolute atomic E-state index is 0.508. The van der Waals surface area contributed by atoms with Gasteiger partial charge < -0.3 is 53.6 Å². The van der Waals surface area contributed by atoms with Crippen molar-refractivity contribution in [3.63, 3.8) is 0 Å². The lowest BCUT2D eigenvalue weighted by molar-refractivity contribution is -0.356. The number of carbonyl (C=O) groups excluding carboxylic acids is 4. The molecule has 10 atom stereocenters. The first-order valence-corrected chi connectivity index (χ1v) is 10.6. The van der Waals surface area contributed by atoms with Crippen molar-refractivity contribution in [3.8, 4) is 0 Å². The lowest BCUT2D eigenvalue weighted by Gasteiger charge is -2.47. The van der Waals surface area contributed by atoms with Crippen molar-refractivity contribution in [1.29, 1.82) is 0 Å². The predicted molar refractivity (Wildman–Crippen MR) is 107 cm³/mol. The first kappa shape index (κ1) is 28.8. The quantitative estimate of drug-likeness (QED) is 0.188. The molecule has 2 aliphatic heterocycles. The Balaban J connectivity index is 2.46. The standard InChI is InChI=1S/C20H30O15/c1-7(22)29-6-12-16(30-8(2)23)17(31-9(3)24)18(32-10(4)25)20(34-12)35-15-11(5-21)33-19(28)14(27)13(15)26/h11-21,26-28H,5-6H2,1-4H3/t11-,12-,13-,14-,15+,16+,17+,18-,19-,20+/m1/s1. The third-order valence-electron chi connectivity index (χ3n) is 5.08. The van der Waals surface area contributed by atoms with Gasteiger partial charge in [-0.15, -0.1) is 0 Å². The largest absolute Gasteiger partial charge is 0.463 e. The fourth-order valence-electron chi connectivity index (χ4n) is 3.69. The maximum atomic E-state index is 11.8. The molecule has 2 aliphatic rings. The molecule has 2 saturated heterocycles. The molecule has 2 heterocycles. The van der Waals surface area contributed by atoms with E-state index in [4.69, 9.17) is 33.2 Å². The van der Waals surface area contributed by atoms with Crippen molar-refractivity contribution in [2.75, 3.05) is 13.2 Å². The topological polar surface area (TPSA) is 214 Å². The van der Waals surface area contributed by atoms with Gasteiger partial charge >= 0.3 is 23.9 Å². The Hall–Kier alpha value is -2.40. The van der Waals surface area contributed by atoms with Crippen LogP contribution in [0.3, 0.4) is 0 Å². The first-order valence-electron chi connectivity index (χ1n) is 10.6. The van der Waals surface area contributed by atoms with Gasteiger partial charge in [0.1, 0.15) is 37.1 Å². The molecule has 0 radical (unpaired) electrons. The van der Waals surface area contributed by atoms with Crippen molar-refractivity contribution in [1.82, 2.24) is 0 Å². The third-order valence-corrected chi connectivity index (χ3v) is 5.08. The van der Waals surface area contributed by atoms with Gasteiger partial charge in [0.25, 0.3) is 0 Å². The van der Waals surface area contributed by atoms with Crippen LogP contribution in [0, 0.1) is 0 Å². The molecule has 0 aliphatic carbocycles. The second-order valence-electron chi connectivity index (χ2n) is 7.90. The summed E-state index contributed by atoms with van der Waals surface area (Å²) in [4.78, 5) is 46.8. The highest BCUT2D eigenvalue weighted by Crippen LogP contribution is 2.33. The second kappa shape index (κ2) is 12.5. The van der Waals surface area contributed by atoms with Crippen LogP contribution in [-0.4, -0.2) is 119 Å². The van der Waals surface area contributed by atoms with Crippen LogP contribution in [0.25, 0.3) is 0 Å². The summed E-state index contributed by atoms with van der Waals surface area (Å²) in [5, 5.41) is 39.7. The first-order chi connectivity index (χ1) is 16.3. The van der Waals surface area contributed by atoms with Gasteiger partial charge in [-0.3, -0.25) is 19.2 Å². The van der Waals surface area contributed by atoms with Crippen molar-refractivity contribution in [2.24, 2.45) is 0 Å². The lowest BCUT2D eigenvalue weighted by atomic mass is 9.96. The predicted octanol–water partition coefficient (Wildman–Crippen LogP) is -3.11. The van der Waals surface area contributed by atoms with E-state index in [-0.39, 0.29) is 0 Å². The number of aliphatic hydroxyl groups excluding tert-OH is 4. The summed E-state index contributed by atoms with van der Waals surface area (Å²) in [6.45, 7) is 2.97. The van der Waals surface area contributed by atoms with Crippen LogP contribution in [0.4, 0.5) is 0 Å². The molecule has 0 aromatic heterocycles. The van der Waals surface area contributed by atoms with E-state index in [9.17, 15) is 39.6 Å². The molecule has 0 unspecified atom stereocenters. The molecule has 35 heavy (non-hydrogen) atoms. The summed E-state index contributed by atoms with van der Waals surface area (Å²) in [5.74, 6) is -3.27. The van der Waals surface area contributed by atoms with Gasteiger partial charge in [-0.2, -0.15) is 0 Å². The van der Waals surface area contributed by atoms with Gasteiger partial charge in [-0.1, -0.05) is 0 Å². The number of carbonyl (C=O) groups is 4. The van der Waals surface area contributed by atoms with Gasteiger partial charge in [0.2, 0.25) is 0 Å². The van der Waals surface area contributed by atoms with Crippen LogP contribution in [0.15, 0.2) is 0 Å². The summed E-state index contributed by atoms with van der Waals surface area (Å²) >= 11 is 0. The van der Waals surface area contributed by atoms with Crippen LogP contribution in [0.1, 0.15) is 27.7 Å². The molecule has 0 spiro atoms. The molecule has 0 aromatic carbocycles. The molecule has 0 aromatic rings. The Morgan fingerprint density at radius 3 is 1.74 bits per heavy atom. The van der Waals surface area contributed by atoms with Gasteiger partial charge in [0, 0.05) is 27.7 Å². The average Bonchev–Trinajstić information content (AvgIpc) is 2.75. The number of hydrogen-bond donors (Lipinski definition) is 4. The fourth-order valence-corrected chi connectivity index (χ4v) is 3.69. The highest BCUT2D eigenvalue weighted by molar-refractivity contribution is 5.68. The number of aliphatic hydroxyl groups is 4. The Morgan fingerprint density at radius 1 is 0.686 bits per heavy atom. The van der Waals surface area contributed by atoms with E-state index in [1.54, 1.807) is 0 Å². The molecule has 2 fully saturated rings. The van der Waals surface area contributed by atoms with Crippen molar-refractivity contribution >= 4 is 23.9 Å². The molecular weight excluding hydrogens is 480 g/mol. The zero-order valence-electron chi connectivity index (χ0n) is 19.5. The van der Waals surface area contributed by atoms with E-state index < -0.39 is 98.5 Å². The van der Waals surface area contributed by atoms with Gasteiger partial charge in [-0.25, -0.2) is 0 Å². The van der Waals surface area contributed by atoms with Crippen LogP contribution >= 0.6 is 0 Å². The monoisotopic (exact) mass is 510 g/mol.